The number of aliphatic hydroxyl groups excluding tert-OH is 1. The Bertz CT molecular complexity index is 753. The lowest BCUT2D eigenvalue weighted by atomic mass is 10.0. The van der Waals surface area contributed by atoms with Crippen molar-refractivity contribution >= 4 is 33.4 Å². The van der Waals surface area contributed by atoms with Crippen LogP contribution in [0.4, 0.5) is 0 Å². The lowest BCUT2D eigenvalue weighted by Crippen LogP contribution is -2.34. The van der Waals surface area contributed by atoms with Gasteiger partial charge in [0, 0.05) is 37.9 Å². The molecule has 0 radical (unpaired) electrons. The van der Waals surface area contributed by atoms with Crippen LogP contribution in [-0.4, -0.2) is 85.0 Å². The van der Waals surface area contributed by atoms with E-state index in [4.69, 9.17) is 19.3 Å². The molecule has 0 aromatic carbocycles. The van der Waals surface area contributed by atoms with Gasteiger partial charge in [-0.2, -0.15) is 0 Å². The van der Waals surface area contributed by atoms with Gasteiger partial charge >= 0.3 is 0 Å². The van der Waals surface area contributed by atoms with Gasteiger partial charge in [-0.15, -0.1) is 0 Å². The van der Waals surface area contributed by atoms with Crippen LogP contribution < -0.4 is 10.6 Å². The number of carbonyl (C=O) groups is 2. The van der Waals surface area contributed by atoms with E-state index in [0.29, 0.717) is 45.8 Å². The molecular formula is C26H45N3O6S2. The van der Waals surface area contributed by atoms with Crippen molar-refractivity contribution in [3.63, 3.8) is 0 Å². The Labute approximate surface area is 230 Å². The summed E-state index contributed by atoms with van der Waals surface area (Å²) in [6, 6.07) is 5.78. The van der Waals surface area contributed by atoms with Gasteiger partial charge in [-0.1, -0.05) is 16.9 Å². The summed E-state index contributed by atoms with van der Waals surface area (Å²) in [4.78, 5) is 28.1. The Kier molecular flexibility index (Phi) is 17.9. The summed E-state index contributed by atoms with van der Waals surface area (Å²) in [5.41, 5.74) is -0.699. The van der Waals surface area contributed by atoms with Crippen molar-refractivity contribution in [3.8, 4) is 0 Å². The number of ether oxygens (including phenoxy) is 3. The van der Waals surface area contributed by atoms with Crippen LogP contribution in [0.1, 0.15) is 59.8 Å². The summed E-state index contributed by atoms with van der Waals surface area (Å²) in [5, 5.41) is 15.3. The maximum atomic E-state index is 12.0. The molecule has 1 aromatic rings. The number of rotatable bonds is 22. The first-order chi connectivity index (χ1) is 17.6. The Balaban J connectivity index is 2.07. The van der Waals surface area contributed by atoms with Crippen molar-refractivity contribution < 1.29 is 28.9 Å². The second kappa shape index (κ2) is 19.7. The van der Waals surface area contributed by atoms with E-state index in [9.17, 15) is 9.59 Å². The molecular weight excluding hydrogens is 514 g/mol. The largest absolute Gasteiger partial charge is 0.394 e. The minimum atomic E-state index is -0.367. The zero-order valence-corrected chi connectivity index (χ0v) is 24.4. The monoisotopic (exact) mass is 559 g/mol. The summed E-state index contributed by atoms with van der Waals surface area (Å²) < 4.78 is 17.2. The fraction of sp³-hybridized carbons (Fsp3) is 0.731. The Hall–Kier alpha value is -1.37. The van der Waals surface area contributed by atoms with Crippen LogP contribution >= 0.6 is 21.6 Å². The molecule has 2 amide bonds. The van der Waals surface area contributed by atoms with Crippen LogP contribution in [0.3, 0.4) is 0 Å². The first-order valence-corrected chi connectivity index (χ1v) is 15.2. The van der Waals surface area contributed by atoms with Gasteiger partial charge in [-0.05, 0) is 69.9 Å². The summed E-state index contributed by atoms with van der Waals surface area (Å²) in [6.07, 6.45) is 4.88. The van der Waals surface area contributed by atoms with E-state index in [-0.39, 0.29) is 36.2 Å². The van der Waals surface area contributed by atoms with E-state index in [0.717, 1.165) is 30.0 Å². The van der Waals surface area contributed by atoms with Gasteiger partial charge in [0.05, 0.1) is 44.2 Å². The minimum Gasteiger partial charge on any atom is -0.394 e. The highest BCUT2D eigenvalue weighted by Crippen LogP contribution is 2.29. The third-order valence-corrected chi connectivity index (χ3v) is 7.56. The van der Waals surface area contributed by atoms with Crippen molar-refractivity contribution in [2.45, 2.75) is 76.0 Å². The number of nitrogens with zero attached hydrogens (tertiary/aromatic N) is 1. The van der Waals surface area contributed by atoms with E-state index in [1.165, 1.54) is 0 Å². The van der Waals surface area contributed by atoms with Crippen molar-refractivity contribution in [2.75, 3.05) is 51.9 Å². The predicted molar refractivity (Wildman–Crippen MR) is 150 cm³/mol. The summed E-state index contributed by atoms with van der Waals surface area (Å²) in [5.74, 6) is 0.730. The number of carbonyl (C=O) groups excluding carboxylic acids is 2. The van der Waals surface area contributed by atoms with Gasteiger partial charge in [-0.25, -0.2) is 4.98 Å². The normalized spacial score (nSPS) is 11.9. The minimum absolute atomic E-state index is 0.00727. The average molecular weight is 560 g/mol. The maximum absolute atomic E-state index is 12.0. The highest BCUT2D eigenvalue weighted by molar-refractivity contribution is 8.76. The molecule has 0 aliphatic heterocycles. The molecule has 1 aromatic heterocycles. The third-order valence-electron chi connectivity index (χ3n) is 5.30. The molecule has 0 aliphatic carbocycles. The van der Waals surface area contributed by atoms with E-state index >= 15 is 0 Å². The second-order valence-corrected chi connectivity index (χ2v) is 12.1. The molecule has 9 nitrogen and oxygen atoms in total. The van der Waals surface area contributed by atoms with Crippen molar-refractivity contribution in [2.24, 2.45) is 0 Å². The van der Waals surface area contributed by atoms with Gasteiger partial charge < -0.3 is 30.0 Å². The molecule has 0 fully saturated rings. The van der Waals surface area contributed by atoms with Crippen molar-refractivity contribution in [1.29, 1.82) is 0 Å². The number of aromatic nitrogens is 1. The van der Waals surface area contributed by atoms with Crippen LogP contribution in [0.15, 0.2) is 29.4 Å². The van der Waals surface area contributed by atoms with E-state index in [1.807, 2.05) is 45.9 Å². The summed E-state index contributed by atoms with van der Waals surface area (Å²) in [7, 11) is 3.19. The van der Waals surface area contributed by atoms with Crippen LogP contribution in [0.5, 0.6) is 0 Å². The second-order valence-electron chi connectivity index (χ2n) is 9.68. The first-order valence-electron chi connectivity index (χ1n) is 12.8. The molecule has 0 atom stereocenters. The number of nitrogens with one attached hydrogen (secondary N) is 2. The Morgan fingerprint density at radius 3 is 2.30 bits per heavy atom. The molecule has 37 heavy (non-hydrogen) atoms. The smallest absolute Gasteiger partial charge is 0.220 e. The van der Waals surface area contributed by atoms with Gasteiger partial charge in [0.1, 0.15) is 5.03 Å². The molecule has 0 saturated heterocycles. The number of hydrogen-bond acceptors (Lipinski definition) is 9. The summed E-state index contributed by atoms with van der Waals surface area (Å²) >= 11 is 0. The molecule has 0 saturated carbocycles. The Morgan fingerprint density at radius 2 is 1.59 bits per heavy atom. The zero-order valence-electron chi connectivity index (χ0n) is 22.8. The molecule has 0 spiro atoms. The number of hydrogen-bond donors (Lipinski definition) is 3. The zero-order chi connectivity index (χ0) is 27.4. The van der Waals surface area contributed by atoms with Crippen molar-refractivity contribution in [1.82, 2.24) is 15.6 Å². The molecule has 11 heteroatoms. The lowest BCUT2D eigenvalue weighted by molar-refractivity contribution is -0.122. The predicted octanol–water partition coefficient (Wildman–Crippen LogP) is 3.60. The molecule has 0 bridgehead atoms. The van der Waals surface area contributed by atoms with E-state index < -0.39 is 0 Å². The SMILES string of the molecule is CC(C)(CCCC(=O)NCCOCCO)OCCC(C)(C)OCCNC(=O)CCSSc1ccccn1. The van der Waals surface area contributed by atoms with Gasteiger partial charge in [0.15, 0.2) is 0 Å². The van der Waals surface area contributed by atoms with Crippen LogP contribution in [0, 0.1) is 0 Å². The van der Waals surface area contributed by atoms with E-state index in [2.05, 4.69) is 15.6 Å². The van der Waals surface area contributed by atoms with E-state index in [1.54, 1.807) is 27.8 Å². The average Bonchev–Trinajstić information content (AvgIpc) is 2.84. The topological polar surface area (TPSA) is 119 Å². The molecule has 0 unspecified atom stereocenters. The molecule has 3 N–H and O–H groups in total. The number of pyridine rings is 1. The molecule has 212 valence electrons. The third kappa shape index (κ3) is 19.4. The van der Waals surface area contributed by atoms with Crippen molar-refractivity contribution in [3.05, 3.63) is 24.4 Å². The maximum Gasteiger partial charge on any atom is 0.220 e. The standard InChI is InChI=1S/C26H45N3O6S2/c1-25(2,11-7-8-22(31)27-14-18-33-20-16-30)34-17-12-26(3,4)35-19-15-28-23(32)10-21-36-37-24-9-5-6-13-29-24/h5-6,9,13,30H,7-8,10-12,14-21H2,1-4H3,(H,27,31)(H,28,32). The quantitative estimate of drug-likeness (QED) is 0.145. The number of aliphatic hydroxyl groups is 1. The fourth-order valence-corrected chi connectivity index (χ4v) is 5.02. The van der Waals surface area contributed by atoms with Gasteiger partial charge in [0.25, 0.3) is 0 Å². The Morgan fingerprint density at radius 1 is 0.919 bits per heavy atom. The van der Waals surface area contributed by atoms with Crippen LogP contribution in [0.2, 0.25) is 0 Å². The van der Waals surface area contributed by atoms with Gasteiger partial charge in [0.2, 0.25) is 11.8 Å². The lowest BCUT2D eigenvalue weighted by Gasteiger charge is -2.30. The van der Waals surface area contributed by atoms with Crippen LogP contribution in [-0.2, 0) is 23.8 Å². The highest BCUT2D eigenvalue weighted by atomic mass is 33.1. The van der Waals surface area contributed by atoms with Gasteiger partial charge in [-0.3, -0.25) is 9.59 Å². The van der Waals surface area contributed by atoms with Crippen LogP contribution in [0.25, 0.3) is 0 Å². The molecule has 1 heterocycles. The highest BCUT2D eigenvalue weighted by Gasteiger charge is 2.23. The molecule has 0 aliphatic rings. The molecule has 1 rings (SSSR count). The number of amides is 2. The fourth-order valence-electron chi connectivity index (χ4n) is 3.15. The first kappa shape index (κ1) is 33.7. The summed E-state index contributed by atoms with van der Waals surface area (Å²) in [6.45, 7) is 10.7.